The molecule has 3 aromatic heterocycles. The fourth-order valence-corrected chi connectivity index (χ4v) is 4.08. The minimum absolute atomic E-state index is 0.296. The monoisotopic (exact) mass is 376 g/mol. The fraction of sp³-hybridized carbons (Fsp3) is 0.286. The highest BCUT2D eigenvalue weighted by Gasteiger charge is 2.22. The Kier molecular flexibility index (Phi) is 3.30. The van der Waals surface area contributed by atoms with Gasteiger partial charge in [0, 0.05) is 22.8 Å². The van der Waals surface area contributed by atoms with Crippen molar-refractivity contribution < 1.29 is 0 Å². The van der Waals surface area contributed by atoms with Gasteiger partial charge in [-0.05, 0) is 34.5 Å². The normalized spacial score (nSPS) is 13.7. The molecule has 0 saturated heterocycles. The third kappa shape index (κ3) is 2.26. The summed E-state index contributed by atoms with van der Waals surface area (Å²) in [7, 11) is 0. The van der Waals surface area contributed by atoms with Gasteiger partial charge < -0.3 is 5.73 Å². The number of nitrogen functional groups attached to an aromatic ring is 1. The smallest absolute Gasteiger partial charge is 0.223 e. The minimum atomic E-state index is 0.296. The zero-order valence-electron chi connectivity index (χ0n) is 11.9. The summed E-state index contributed by atoms with van der Waals surface area (Å²) < 4.78 is 2.87. The Hall–Kier alpha value is -1.67. The average molecular weight is 377 g/mol. The Morgan fingerprint density at radius 3 is 3.09 bits per heavy atom. The van der Waals surface area contributed by atoms with Crippen LogP contribution in [0.1, 0.15) is 17.0 Å². The first-order valence-electron chi connectivity index (χ1n) is 6.88. The van der Waals surface area contributed by atoms with Gasteiger partial charge in [0.1, 0.15) is 5.03 Å². The van der Waals surface area contributed by atoms with Crippen molar-refractivity contribution in [1.82, 2.24) is 24.7 Å². The highest BCUT2D eigenvalue weighted by molar-refractivity contribution is 9.10. The van der Waals surface area contributed by atoms with E-state index in [2.05, 4.69) is 36.9 Å². The highest BCUT2D eigenvalue weighted by atomic mass is 79.9. The molecule has 3 aromatic rings. The van der Waals surface area contributed by atoms with Gasteiger partial charge in [-0.2, -0.15) is 10.1 Å². The van der Waals surface area contributed by atoms with Gasteiger partial charge in [-0.15, -0.1) is 11.8 Å². The first-order valence-corrected chi connectivity index (χ1v) is 8.66. The Morgan fingerprint density at radius 2 is 2.27 bits per heavy atom. The molecule has 4 rings (SSSR count). The maximum Gasteiger partial charge on any atom is 0.223 e. The molecule has 0 unspecified atom stereocenters. The van der Waals surface area contributed by atoms with Gasteiger partial charge in [0.25, 0.3) is 0 Å². The van der Waals surface area contributed by atoms with Crippen LogP contribution in [0.2, 0.25) is 0 Å². The second-order valence-corrected chi connectivity index (χ2v) is 7.20. The Morgan fingerprint density at radius 1 is 1.41 bits per heavy atom. The van der Waals surface area contributed by atoms with Crippen LogP contribution in [0.5, 0.6) is 0 Å². The summed E-state index contributed by atoms with van der Waals surface area (Å²) in [5.74, 6) is 1.27. The van der Waals surface area contributed by atoms with Crippen LogP contribution in [-0.2, 0) is 13.0 Å². The number of nitrogens with zero attached hydrogens (tertiary/aromatic N) is 5. The molecule has 112 valence electrons. The average Bonchev–Trinajstić information content (AvgIpc) is 2.81. The van der Waals surface area contributed by atoms with Crippen molar-refractivity contribution >= 4 is 44.7 Å². The van der Waals surface area contributed by atoms with Crippen LogP contribution in [0.25, 0.3) is 11.0 Å². The Labute approximate surface area is 139 Å². The van der Waals surface area contributed by atoms with Gasteiger partial charge in [0.05, 0.1) is 23.3 Å². The SMILES string of the molecule is Cc1cc(Br)cnc1Cn1nc2c3c(nc(N)nc31)SCC2. The molecule has 0 fully saturated rings. The van der Waals surface area contributed by atoms with Crippen molar-refractivity contribution in [3.8, 4) is 0 Å². The summed E-state index contributed by atoms with van der Waals surface area (Å²) in [6.07, 6.45) is 2.73. The van der Waals surface area contributed by atoms with Gasteiger partial charge in [0.2, 0.25) is 5.95 Å². The number of anilines is 1. The molecule has 0 spiro atoms. The van der Waals surface area contributed by atoms with Crippen molar-refractivity contribution in [2.45, 2.75) is 24.9 Å². The van der Waals surface area contributed by atoms with Crippen LogP contribution in [-0.4, -0.2) is 30.5 Å². The molecular formula is C14H13BrN6S. The number of halogens is 1. The topological polar surface area (TPSA) is 82.5 Å². The summed E-state index contributed by atoms with van der Waals surface area (Å²) >= 11 is 5.15. The Bertz CT molecular complexity index is 891. The molecule has 0 amide bonds. The number of hydrogen-bond donors (Lipinski definition) is 1. The number of nitrogens with two attached hydrogens (primary N) is 1. The molecule has 1 aliphatic rings. The van der Waals surface area contributed by atoms with Crippen molar-refractivity contribution in [3.05, 3.63) is 33.7 Å². The Balaban J connectivity index is 1.86. The highest BCUT2D eigenvalue weighted by Crippen LogP contribution is 2.34. The van der Waals surface area contributed by atoms with Crippen molar-refractivity contribution in [1.29, 1.82) is 0 Å². The largest absolute Gasteiger partial charge is 0.368 e. The van der Waals surface area contributed by atoms with Crippen LogP contribution >= 0.6 is 27.7 Å². The first kappa shape index (κ1) is 14.0. The van der Waals surface area contributed by atoms with E-state index in [0.717, 1.165) is 49.7 Å². The van der Waals surface area contributed by atoms with E-state index in [9.17, 15) is 0 Å². The van der Waals surface area contributed by atoms with E-state index in [1.165, 1.54) is 0 Å². The van der Waals surface area contributed by atoms with Gasteiger partial charge >= 0.3 is 0 Å². The maximum atomic E-state index is 5.85. The summed E-state index contributed by atoms with van der Waals surface area (Å²) in [6, 6.07) is 2.05. The number of aromatic nitrogens is 5. The minimum Gasteiger partial charge on any atom is -0.368 e. The second kappa shape index (κ2) is 5.20. The molecule has 8 heteroatoms. The molecule has 0 aliphatic carbocycles. The van der Waals surface area contributed by atoms with E-state index >= 15 is 0 Å². The number of rotatable bonds is 2. The summed E-state index contributed by atoms with van der Waals surface area (Å²) in [5, 5.41) is 6.70. The van der Waals surface area contributed by atoms with E-state index in [-0.39, 0.29) is 0 Å². The van der Waals surface area contributed by atoms with Crippen LogP contribution in [0, 0.1) is 6.92 Å². The molecule has 0 atom stereocenters. The molecule has 0 bridgehead atoms. The van der Waals surface area contributed by atoms with E-state index in [4.69, 9.17) is 10.8 Å². The van der Waals surface area contributed by atoms with Gasteiger partial charge in [-0.3, -0.25) is 4.98 Å². The number of hydrogen-bond acceptors (Lipinski definition) is 6. The molecule has 22 heavy (non-hydrogen) atoms. The van der Waals surface area contributed by atoms with Crippen molar-refractivity contribution in [3.63, 3.8) is 0 Å². The standard InChI is InChI=1S/C14H13BrN6S/c1-7-4-8(15)5-17-10(7)6-21-12-11-9(20-21)2-3-22-13(11)19-14(16)18-12/h4-5H,2-3,6H2,1H3,(H2,16,18,19). The zero-order chi connectivity index (χ0) is 15.3. The van der Waals surface area contributed by atoms with E-state index in [0.29, 0.717) is 12.5 Å². The van der Waals surface area contributed by atoms with E-state index in [1.54, 1.807) is 18.0 Å². The molecule has 1 aliphatic heterocycles. The van der Waals surface area contributed by atoms with Crippen molar-refractivity contribution in [2.75, 3.05) is 11.5 Å². The molecule has 0 saturated carbocycles. The van der Waals surface area contributed by atoms with Gasteiger partial charge in [-0.1, -0.05) is 0 Å². The lowest BCUT2D eigenvalue weighted by Crippen LogP contribution is -2.07. The number of thioether (sulfide) groups is 1. The number of pyridine rings is 1. The third-order valence-electron chi connectivity index (χ3n) is 3.68. The van der Waals surface area contributed by atoms with E-state index < -0.39 is 0 Å². The van der Waals surface area contributed by atoms with Crippen LogP contribution in [0.15, 0.2) is 21.8 Å². The van der Waals surface area contributed by atoms with Crippen LogP contribution in [0.3, 0.4) is 0 Å². The first-order chi connectivity index (χ1) is 10.6. The predicted molar refractivity (Wildman–Crippen MR) is 89.9 cm³/mol. The maximum absolute atomic E-state index is 5.85. The van der Waals surface area contributed by atoms with Gasteiger partial charge in [0.15, 0.2) is 5.65 Å². The molecule has 6 nitrogen and oxygen atoms in total. The van der Waals surface area contributed by atoms with Crippen LogP contribution in [0.4, 0.5) is 5.95 Å². The summed E-state index contributed by atoms with van der Waals surface area (Å²) in [6.45, 7) is 2.62. The predicted octanol–water partition coefficient (Wildman–Crippen LogP) is 2.57. The molecule has 2 N–H and O–H groups in total. The third-order valence-corrected chi connectivity index (χ3v) is 5.09. The van der Waals surface area contributed by atoms with Crippen molar-refractivity contribution in [2.24, 2.45) is 0 Å². The molecule has 4 heterocycles. The lowest BCUT2D eigenvalue weighted by atomic mass is 10.2. The summed E-state index contributed by atoms with van der Waals surface area (Å²) in [5.41, 5.74) is 9.79. The van der Waals surface area contributed by atoms with Gasteiger partial charge in [-0.25, -0.2) is 9.67 Å². The molecular weight excluding hydrogens is 364 g/mol. The van der Waals surface area contributed by atoms with Crippen LogP contribution < -0.4 is 5.73 Å². The molecule has 0 radical (unpaired) electrons. The fourth-order valence-electron chi connectivity index (χ4n) is 2.64. The molecule has 0 aromatic carbocycles. The second-order valence-electron chi connectivity index (χ2n) is 5.21. The lowest BCUT2D eigenvalue weighted by Gasteiger charge is -2.09. The summed E-state index contributed by atoms with van der Waals surface area (Å²) in [4.78, 5) is 13.2. The lowest BCUT2D eigenvalue weighted by molar-refractivity contribution is 0.673. The quantitative estimate of drug-likeness (QED) is 0.692. The van der Waals surface area contributed by atoms with E-state index in [1.807, 2.05) is 11.6 Å². The zero-order valence-corrected chi connectivity index (χ0v) is 14.3. The number of aryl methyl sites for hydroxylation is 2.